The lowest BCUT2D eigenvalue weighted by Crippen LogP contribution is -2.30. The summed E-state index contributed by atoms with van der Waals surface area (Å²) in [5.41, 5.74) is 0. The van der Waals surface area contributed by atoms with Gasteiger partial charge in [-0.15, -0.1) is 0 Å². The van der Waals surface area contributed by atoms with E-state index in [1.54, 1.807) is 0 Å². The Morgan fingerprint density at radius 2 is 1.22 bits per heavy atom. The Labute approximate surface area is 198 Å². The summed E-state index contributed by atoms with van der Waals surface area (Å²) < 4.78 is 24.7. The zero-order valence-corrected chi connectivity index (χ0v) is 22.3. The van der Waals surface area contributed by atoms with Crippen LogP contribution in [0, 0.1) is 0 Å². The van der Waals surface area contributed by atoms with Crippen LogP contribution in [0.1, 0.15) is 118 Å². The number of aromatic nitrogens is 2. The van der Waals surface area contributed by atoms with E-state index in [2.05, 4.69) is 50.8 Å². The van der Waals surface area contributed by atoms with Crippen LogP contribution in [0.5, 0.6) is 0 Å². The van der Waals surface area contributed by atoms with E-state index < -0.39 is 7.82 Å². The molecule has 0 amide bonds. The van der Waals surface area contributed by atoms with Crippen molar-refractivity contribution in [2.75, 3.05) is 13.2 Å². The maximum Gasteiger partial charge on any atom is 0.267 e. The maximum absolute atomic E-state index is 11.0. The van der Waals surface area contributed by atoms with Crippen LogP contribution in [0.25, 0.3) is 0 Å². The van der Waals surface area contributed by atoms with Gasteiger partial charge in [-0.1, -0.05) is 85.0 Å². The smallest absolute Gasteiger partial charge is 0.267 e. The van der Waals surface area contributed by atoms with Gasteiger partial charge in [-0.05, 0) is 32.6 Å². The van der Waals surface area contributed by atoms with Crippen molar-refractivity contribution in [2.24, 2.45) is 0 Å². The molecule has 0 unspecified atom stereocenters. The van der Waals surface area contributed by atoms with Crippen molar-refractivity contribution in [1.29, 1.82) is 0 Å². The molecule has 1 aromatic heterocycles. The van der Waals surface area contributed by atoms with Crippen molar-refractivity contribution < 1.29 is 23.1 Å². The van der Waals surface area contributed by atoms with E-state index in [-0.39, 0.29) is 13.2 Å². The van der Waals surface area contributed by atoms with Crippen LogP contribution in [0.3, 0.4) is 0 Å². The summed E-state index contributed by atoms with van der Waals surface area (Å²) in [6.45, 7) is 11.1. The summed E-state index contributed by atoms with van der Waals surface area (Å²) in [7, 11) is -4.00. The van der Waals surface area contributed by atoms with Crippen molar-refractivity contribution in [3.05, 3.63) is 18.7 Å². The van der Waals surface area contributed by atoms with E-state index in [1.165, 1.54) is 70.8 Å². The Morgan fingerprint density at radius 3 is 1.66 bits per heavy atom. The average Bonchev–Trinajstić information content (AvgIpc) is 3.24. The van der Waals surface area contributed by atoms with Crippen LogP contribution in [0.4, 0.5) is 0 Å². The van der Waals surface area contributed by atoms with Gasteiger partial charge in [-0.3, -0.25) is 4.57 Å². The first-order valence-electron chi connectivity index (χ1n) is 13.1. The monoisotopic (exact) mass is 474 g/mol. The third kappa shape index (κ3) is 20.0. The Bertz CT molecular complexity index is 552. The molecular weight excluding hydrogens is 423 g/mol. The van der Waals surface area contributed by atoms with Gasteiger partial charge in [0.15, 0.2) is 0 Å². The number of phosphoric ester groups is 1. The third-order valence-electron chi connectivity index (χ3n) is 5.38. The molecule has 1 heterocycles. The number of rotatable bonds is 20. The fourth-order valence-electron chi connectivity index (χ4n) is 3.22. The quantitative estimate of drug-likeness (QED) is 0.118. The number of aryl methyl sites for hydroxylation is 2. The molecule has 0 aliphatic heterocycles. The number of phosphoric acid groups is 1. The minimum absolute atomic E-state index is 0.226. The van der Waals surface area contributed by atoms with E-state index >= 15 is 0 Å². The molecule has 0 aliphatic rings. The molecule has 0 aliphatic carbocycles. The summed E-state index contributed by atoms with van der Waals surface area (Å²) in [5.74, 6) is 0. The number of hydrogen-bond acceptors (Lipinski definition) is 4. The van der Waals surface area contributed by atoms with Gasteiger partial charge >= 0.3 is 0 Å². The summed E-state index contributed by atoms with van der Waals surface area (Å²) in [6, 6.07) is 0. The number of hydrogen-bond donors (Lipinski definition) is 0. The fraction of sp³-hybridized carbons (Fsp3) is 0.880. The SMILES string of the molecule is CCCCCCCCCCCC[n+]1ccn(CC)c1.CCCCOP(=O)([O-])OCCCC. The van der Waals surface area contributed by atoms with Gasteiger partial charge in [0.2, 0.25) is 6.33 Å². The van der Waals surface area contributed by atoms with E-state index in [0.717, 1.165) is 32.2 Å². The predicted molar refractivity (Wildman–Crippen MR) is 131 cm³/mol. The molecular formula is C25H51N2O4P. The highest BCUT2D eigenvalue weighted by molar-refractivity contribution is 7.45. The van der Waals surface area contributed by atoms with Gasteiger partial charge in [0, 0.05) is 0 Å². The van der Waals surface area contributed by atoms with Crippen LogP contribution < -0.4 is 9.46 Å². The van der Waals surface area contributed by atoms with Crippen molar-refractivity contribution in [3.8, 4) is 0 Å². The maximum atomic E-state index is 11.0. The first-order valence-corrected chi connectivity index (χ1v) is 14.6. The molecule has 32 heavy (non-hydrogen) atoms. The van der Waals surface area contributed by atoms with Crippen molar-refractivity contribution in [2.45, 2.75) is 131 Å². The van der Waals surface area contributed by atoms with Crippen molar-refractivity contribution in [3.63, 3.8) is 0 Å². The highest BCUT2D eigenvalue weighted by atomic mass is 31.2. The molecule has 0 saturated carbocycles. The molecule has 1 aromatic rings. The summed E-state index contributed by atoms with van der Waals surface area (Å²) in [5, 5.41) is 0. The number of unbranched alkanes of at least 4 members (excludes halogenated alkanes) is 11. The molecule has 0 N–H and O–H groups in total. The summed E-state index contributed by atoms with van der Waals surface area (Å²) in [6.07, 6.45) is 24.0. The second-order valence-corrected chi connectivity index (χ2v) is 9.90. The van der Waals surface area contributed by atoms with E-state index in [1.807, 2.05) is 13.8 Å². The van der Waals surface area contributed by atoms with Gasteiger partial charge in [0.05, 0.1) is 26.3 Å². The van der Waals surface area contributed by atoms with Crippen molar-refractivity contribution >= 4 is 7.82 Å². The Balaban J connectivity index is 0.000000649. The first-order chi connectivity index (χ1) is 15.5. The second-order valence-electron chi connectivity index (χ2n) is 8.48. The van der Waals surface area contributed by atoms with Gasteiger partial charge in [-0.25, -0.2) is 9.13 Å². The molecule has 0 atom stereocenters. The molecule has 0 fully saturated rings. The molecule has 1 rings (SSSR count). The minimum Gasteiger partial charge on any atom is -0.756 e. The molecule has 0 spiro atoms. The Morgan fingerprint density at radius 1 is 0.750 bits per heavy atom. The highest BCUT2D eigenvalue weighted by Crippen LogP contribution is 2.38. The molecule has 7 heteroatoms. The van der Waals surface area contributed by atoms with Gasteiger partial charge in [0.25, 0.3) is 7.82 Å². The van der Waals surface area contributed by atoms with Crippen LogP contribution in [-0.2, 0) is 26.7 Å². The van der Waals surface area contributed by atoms with Crippen LogP contribution in [-0.4, -0.2) is 17.8 Å². The topological polar surface area (TPSA) is 67.4 Å². The standard InChI is InChI=1S/C17H33N2.C8H19O4P/c1-3-5-6-7-8-9-10-11-12-13-14-19-16-15-18(4-2)17-19;1-3-5-7-11-13(9,10)12-8-6-4-2/h15-17H,3-14H2,1-2H3;3-8H2,1-2H3,(H,9,10)/q+1;/p-1. The van der Waals surface area contributed by atoms with E-state index in [4.69, 9.17) is 0 Å². The van der Waals surface area contributed by atoms with Crippen LogP contribution in [0.2, 0.25) is 0 Å². The zero-order chi connectivity index (χ0) is 23.9. The Kier molecular flexibility index (Phi) is 21.7. The van der Waals surface area contributed by atoms with Gasteiger partial charge in [-0.2, -0.15) is 0 Å². The van der Waals surface area contributed by atoms with E-state index in [0.29, 0.717) is 0 Å². The van der Waals surface area contributed by atoms with Crippen LogP contribution >= 0.6 is 7.82 Å². The third-order valence-corrected chi connectivity index (χ3v) is 6.37. The number of nitrogens with zero attached hydrogens (tertiary/aromatic N) is 2. The highest BCUT2D eigenvalue weighted by Gasteiger charge is 2.07. The molecule has 0 aromatic carbocycles. The van der Waals surface area contributed by atoms with Gasteiger partial charge < -0.3 is 13.9 Å². The molecule has 190 valence electrons. The summed E-state index contributed by atoms with van der Waals surface area (Å²) in [4.78, 5) is 11.0. The number of imidazole rings is 1. The Hall–Kier alpha value is -0.680. The summed E-state index contributed by atoms with van der Waals surface area (Å²) >= 11 is 0. The molecule has 0 radical (unpaired) electrons. The lowest BCUT2D eigenvalue weighted by molar-refractivity contribution is -0.696. The normalized spacial score (nSPS) is 11.4. The van der Waals surface area contributed by atoms with E-state index in [9.17, 15) is 9.46 Å². The minimum atomic E-state index is -4.00. The van der Waals surface area contributed by atoms with Crippen LogP contribution in [0.15, 0.2) is 18.7 Å². The predicted octanol–water partition coefficient (Wildman–Crippen LogP) is 6.80. The lowest BCUT2D eigenvalue weighted by Gasteiger charge is -2.22. The molecule has 6 nitrogen and oxygen atoms in total. The lowest BCUT2D eigenvalue weighted by atomic mass is 10.1. The molecule has 0 bridgehead atoms. The largest absolute Gasteiger partial charge is 0.756 e. The fourth-order valence-corrected chi connectivity index (χ4v) is 4.00. The van der Waals surface area contributed by atoms with Crippen molar-refractivity contribution in [1.82, 2.24) is 4.57 Å². The van der Waals surface area contributed by atoms with Gasteiger partial charge in [0.1, 0.15) is 12.4 Å². The first kappa shape index (κ1) is 31.3. The average molecular weight is 475 g/mol. The molecule has 0 saturated heterocycles. The zero-order valence-electron chi connectivity index (χ0n) is 21.4. The second kappa shape index (κ2) is 22.1.